The lowest BCUT2D eigenvalue weighted by Crippen LogP contribution is -2.49. The van der Waals surface area contributed by atoms with Gasteiger partial charge in [0.15, 0.2) is 0 Å². The predicted molar refractivity (Wildman–Crippen MR) is 191 cm³/mol. The number of aromatic nitrogens is 1. The average Bonchev–Trinajstić information content (AvgIpc) is 3.41. The molecule has 1 aromatic heterocycles. The van der Waals surface area contributed by atoms with Crippen LogP contribution in [0, 0.1) is 0 Å². The Morgan fingerprint density at radius 1 is 0.556 bits per heavy atom. The van der Waals surface area contributed by atoms with Crippen molar-refractivity contribution in [3.05, 3.63) is 163 Å². The van der Waals surface area contributed by atoms with Crippen molar-refractivity contribution in [3.8, 4) is 22.4 Å². The molecule has 0 saturated carbocycles. The third-order valence-electron chi connectivity index (χ3n) is 9.87. The molecule has 3 heterocycles. The van der Waals surface area contributed by atoms with Crippen LogP contribution in [-0.4, -0.2) is 11.7 Å². The quantitative estimate of drug-likeness (QED) is 0.197. The van der Waals surface area contributed by atoms with E-state index in [1.54, 1.807) is 0 Å². The minimum absolute atomic E-state index is 0.0717. The maximum absolute atomic E-state index is 5.23. The van der Waals surface area contributed by atoms with Crippen molar-refractivity contribution in [2.75, 3.05) is 4.90 Å². The zero-order valence-corrected chi connectivity index (χ0v) is 25.4. The van der Waals surface area contributed by atoms with E-state index in [4.69, 9.17) is 4.98 Å². The summed E-state index contributed by atoms with van der Waals surface area (Å²) >= 11 is 0. The SMILES string of the molecule is CC1(C)c2ccccc2N(c2cc(B3c4ccccc4-c4nc5ccccc5cc43)cc(-c3ccccc3)c2)c2ccccc21. The molecule has 3 heteroatoms. The number of hydrogen-bond donors (Lipinski definition) is 0. The van der Waals surface area contributed by atoms with Crippen LogP contribution in [0.15, 0.2) is 152 Å². The molecular weight excluding hydrogens is 543 g/mol. The van der Waals surface area contributed by atoms with Crippen molar-refractivity contribution < 1.29 is 0 Å². The summed E-state index contributed by atoms with van der Waals surface area (Å²) in [7, 11) is 0. The van der Waals surface area contributed by atoms with Crippen LogP contribution in [0.2, 0.25) is 0 Å². The highest BCUT2D eigenvalue weighted by Gasteiger charge is 2.38. The van der Waals surface area contributed by atoms with Crippen molar-refractivity contribution in [3.63, 3.8) is 0 Å². The van der Waals surface area contributed by atoms with Gasteiger partial charge in [0.2, 0.25) is 6.71 Å². The number of pyridine rings is 1. The topological polar surface area (TPSA) is 16.1 Å². The first-order valence-corrected chi connectivity index (χ1v) is 15.8. The van der Waals surface area contributed by atoms with E-state index >= 15 is 0 Å². The number of fused-ring (bicyclic) bond motifs is 6. The molecule has 45 heavy (non-hydrogen) atoms. The largest absolute Gasteiger partial charge is 0.310 e. The Morgan fingerprint density at radius 3 is 1.98 bits per heavy atom. The lowest BCUT2D eigenvalue weighted by molar-refractivity contribution is 0.632. The Kier molecular flexibility index (Phi) is 5.67. The number of para-hydroxylation sites is 3. The zero-order chi connectivity index (χ0) is 30.1. The van der Waals surface area contributed by atoms with Gasteiger partial charge in [-0.3, -0.25) is 0 Å². The minimum atomic E-state index is -0.111. The van der Waals surface area contributed by atoms with Crippen molar-refractivity contribution >= 4 is 51.1 Å². The summed E-state index contributed by atoms with van der Waals surface area (Å²) in [6.45, 7) is 4.76. The Hall–Kier alpha value is -5.41. The molecular formula is C42H31BN2. The van der Waals surface area contributed by atoms with Crippen molar-refractivity contribution in [1.82, 2.24) is 4.98 Å². The minimum Gasteiger partial charge on any atom is -0.310 e. The average molecular weight is 575 g/mol. The van der Waals surface area contributed by atoms with Gasteiger partial charge >= 0.3 is 0 Å². The second-order valence-electron chi connectivity index (χ2n) is 12.8. The summed E-state index contributed by atoms with van der Waals surface area (Å²) in [4.78, 5) is 7.71. The smallest absolute Gasteiger partial charge is 0.245 e. The fourth-order valence-corrected chi connectivity index (χ4v) is 7.73. The van der Waals surface area contributed by atoms with E-state index in [1.807, 2.05) is 0 Å². The molecule has 0 amide bonds. The summed E-state index contributed by atoms with van der Waals surface area (Å²) in [5.74, 6) is 0. The zero-order valence-electron chi connectivity index (χ0n) is 25.4. The molecule has 2 aliphatic heterocycles. The third kappa shape index (κ3) is 3.94. The van der Waals surface area contributed by atoms with Gasteiger partial charge in [0.1, 0.15) is 0 Å². The molecule has 0 N–H and O–H groups in total. The summed E-state index contributed by atoms with van der Waals surface area (Å²) in [6, 6.07) is 55.4. The molecule has 0 fully saturated rings. The molecule has 0 atom stereocenters. The van der Waals surface area contributed by atoms with Gasteiger partial charge in [-0.25, -0.2) is 4.98 Å². The van der Waals surface area contributed by atoms with Crippen molar-refractivity contribution in [1.29, 1.82) is 0 Å². The summed E-state index contributed by atoms with van der Waals surface area (Å²) in [6.07, 6.45) is 0. The summed E-state index contributed by atoms with van der Waals surface area (Å²) < 4.78 is 0. The van der Waals surface area contributed by atoms with E-state index in [0.717, 1.165) is 11.2 Å². The standard InChI is InChI=1S/C42H31BN2/c1-42(2)34-18-8-12-22-39(34)45(40-23-13-9-19-35(40)42)32-25-30(28-14-4-3-5-15-28)24-31(27-32)43-36-20-10-7-17-33(36)41-37(43)26-29-16-6-11-21-38(29)44-41/h3-27H,1-2H3. The van der Waals surface area contributed by atoms with Gasteiger partial charge in [-0.05, 0) is 69.0 Å². The van der Waals surface area contributed by atoms with E-state index in [2.05, 4.69) is 170 Å². The van der Waals surface area contributed by atoms with Gasteiger partial charge in [0.25, 0.3) is 0 Å². The fraction of sp³-hybridized carbons (Fsp3) is 0.0714. The predicted octanol–water partition coefficient (Wildman–Crippen LogP) is 8.51. The molecule has 0 bridgehead atoms. The first-order chi connectivity index (χ1) is 22.1. The molecule has 0 unspecified atom stereocenters. The highest BCUT2D eigenvalue weighted by molar-refractivity contribution is 6.99. The molecule has 2 nitrogen and oxygen atoms in total. The van der Waals surface area contributed by atoms with Crippen LogP contribution in [0.25, 0.3) is 33.3 Å². The molecule has 212 valence electrons. The van der Waals surface area contributed by atoms with Crippen LogP contribution in [0.5, 0.6) is 0 Å². The maximum Gasteiger partial charge on any atom is 0.245 e. The van der Waals surface area contributed by atoms with E-state index in [-0.39, 0.29) is 12.1 Å². The first kappa shape index (κ1) is 26.0. The molecule has 0 spiro atoms. The van der Waals surface area contributed by atoms with Gasteiger partial charge < -0.3 is 4.90 Å². The first-order valence-electron chi connectivity index (χ1n) is 15.8. The Balaban J connectivity index is 1.33. The number of benzene rings is 6. The second-order valence-corrected chi connectivity index (χ2v) is 12.8. The Morgan fingerprint density at radius 2 is 1.20 bits per heavy atom. The molecule has 9 rings (SSSR count). The monoisotopic (exact) mass is 574 g/mol. The van der Waals surface area contributed by atoms with Gasteiger partial charge in [0.05, 0.1) is 22.6 Å². The van der Waals surface area contributed by atoms with Gasteiger partial charge in [-0.15, -0.1) is 0 Å². The maximum atomic E-state index is 5.23. The van der Waals surface area contributed by atoms with Crippen molar-refractivity contribution in [2.24, 2.45) is 0 Å². The van der Waals surface area contributed by atoms with Crippen LogP contribution in [-0.2, 0) is 5.41 Å². The molecule has 7 aromatic rings. The van der Waals surface area contributed by atoms with Crippen LogP contribution in [0.4, 0.5) is 17.1 Å². The van der Waals surface area contributed by atoms with Gasteiger partial charge in [-0.1, -0.05) is 146 Å². The lowest BCUT2D eigenvalue weighted by atomic mass is 9.39. The third-order valence-corrected chi connectivity index (χ3v) is 9.87. The lowest BCUT2D eigenvalue weighted by Gasteiger charge is -2.42. The Labute approximate surface area is 264 Å². The number of nitrogens with zero attached hydrogens (tertiary/aromatic N) is 2. The fourth-order valence-electron chi connectivity index (χ4n) is 7.73. The van der Waals surface area contributed by atoms with E-state index in [0.29, 0.717) is 0 Å². The number of anilines is 3. The van der Waals surface area contributed by atoms with Crippen LogP contribution < -0.4 is 21.3 Å². The number of hydrogen-bond acceptors (Lipinski definition) is 2. The normalized spacial score (nSPS) is 14.1. The molecule has 0 saturated heterocycles. The molecule has 6 aromatic carbocycles. The van der Waals surface area contributed by atoms with Gasteiger partial charge in [-0.2, -0.15) is 0 Å². The van der Waals surface area contributed by atoms with Crippen molar-refractivity contribution in [2.45, 2.75) is 19.3 Å². The molecule has 0 radical (unpaired) electrons. The van der Waals surface area contributed by atoms with Crippen LogP contribution >= 0.6 is 0 Å². The number of rotatable bonds is 3. The van der Waals surface area contributed by atoms with E-state index in [9.17, 15) is 0 Å². The second kappa shape index (κ2) is 9.80. The van der Waals surface area contributed by atoms with Crippen LogP contribution in [0.1, 0.15) is 25.0 Å². The summed E-state index contributed by atoms with van der Waals surface area (Å²) in [5.41, 5.74) is 15.8. The molecule has 2 aliphatic rings. The molecule has 0 aliphatic carbocycles. The van der Waals surface area contributed by atoms with E-state index < -0.39 is 0 Å². The van der Waals surface area contributed by atoms with Gasteiger partial charge in [0, 0.05) is 11.1 Å². The highest BCUT2D eigenvalue weighted by Crippen LogP contribution is 2.51. The Bertz CT molecular complexity index is 2220. The summed E-state index contributed by atoms with van der Waals surface area (Å²) in [5, 5.41) is 1.18. The van der Waals surface area contributed by atoms with Crippen LogP contribution in [0.3, 0.4) is 0 Å². The van der Waals surface area contributed by atoms with E-state index in [1.165, 1.54) is 66.7 Å². The highest BCUT2D eigenvalue weighted by atomic mass is 15.2.